The minimum absolute atomic E-state index is 0.219. The molecule has 0 N–H and O–H groups in total. The van der Waals surface area contributed by atoms with E-state index in [0.29, 0.717) is 10.9 Å². The maximum absolute atomic E-state index is 13.1. The fourth-order valence-electron chi connectivity index (χ4n) is 1.34. The number of hydrogen-bond donors (Lipinski definition) is 0. The van der Waals surface area contributed by atoms with Gasteiger partial charge in [0.2, 0.25) is 0 Å². The molecule has 0 aliphatic heterocycles. The molecule has 0 atom stereocenters. The molecule has 0 radical (unpaired) electrons. The highest BCUT2D eigenvalue weighted by atomic mass is 19.1. The molecule has 3 nitrogen and oxygen atoms in total. The number of fused-ring (bicyclic) bond motifs is 1. The molecule has 0 fully saturated rings. The fourth-order valence-corrected chi connectivity index (χ4v) is 1.34. The van der Waals surface area contributed by atoms with E-state index in [1.165, 1.54) is 6.07 Å². The highest BCUT2D eigenvalue weighted by molar-refractivity contribution is 5.86. The molecular formula is C14H18FN3. The van der Waals surface area contributed by atoms with E-state index in [1.807, 2.05) is 33.8 Å². The van der Waals surface area contributed by atoms with E-state index >= 15 is 0 Å². The highest BCUT2D eigenvalue weighted by Crippen LogP contribution is 2.19. The second-order valence-corrected chi connectivity index (χ2v) is 2.99. The predicted octanol–water partition coefficient (Wildman–Crippen LogP) is 4.00. The summed E-state index contributed by atoms with van der Waals surface area (Å²) in [5.41, 5.74) is 1.48. The molecular weight excluding hydrogens is 229 g/mol. The lowest BCUT2D eigenvalue weighted by Crippen LogP contribution is -1.91. The first kappa shape index (κ1) is 16.0. The maximum atomic E-state index is 13.1. The smallest absolute Gasteiger partial charge is 0.125 e. The Morgan fingerprint density at radius 3 is 2.33 bits per heavy atom. The number of rotatable bonds is 0. The molecule has 2 aromatic rings. The summed E-state index contributed by atoms with van der Waals surface area (Å²) in [6.45, 7) is 9.80. The summed E-state index contributed by atoms with van der Waals surface area (Å²) >= 11 is 0. The average Bonchev–Trinajstić information content (AvgIpc) is 2.43. The SMILES string of the molecule is CC.CC.Cc1cnnc2c(C#N)cc(F)cc12. The van der Waals surface area contributed by atoms with Crippen LogP contribution in [0.15, 0.2) is 18.3 Å². The number of halogens is 1. The largest absolute Gasteiger partial charge is 0.207 e. The van der Waals surface area contributed by atoms with Crippen molar-refractivity contribution < 1.29 is 4.39 Å². The van der Waals surface area contributed by atoms with Crippen LogP contribution in [0.3, 0.4) is 0 Å². The van der Waals surface area contributed by atoms with E-state index in [9.17, 15) is 4.39 Å². The van der Waals surface area contributed by atoms with Crippen LogP contribution in [0.1, 0.15) is 38.8 Å². The number of nitrogens with zero attached hydrogens (tertiary/aromatic N) is 3. The van der Waals surface area contributed by atoms with Gasteiger partial charge in [-0.1, -0.05) is 27.7 Å². The molecule has 18 heavy (non-hydrogen) atoms. The molecule has 0 unspecified atom stereocenters. The van der Waals surface area contributed by atoms with E-state index < -0.39 is 5.82 Å². The van der Waals surface area contributed by atoms with Crippen molar-refractivity contribution in [2.45, 2.75) is 34.6 Å². The summed E-state index contributed by atoms with van der Waals surface area (Å²) in [6, 6.07) is 4.42. The van der Waals surface area contributed by atoms with Crippen LogP contribution in [-0.4, -0.2) is 10.2 Å². The van der Waals surface area contributed by atoms with Gasteiger partial charge in [0.25, 0.3) is 0 Å². The molecule has 0 amide bonds. The van der Waals surface area contributed by atoms with Crippen LogP contribution in [0.4, 0.5) is 4.39 Å². The number of aryl methyl sites for hydroxylation is 1. The third kappa shape index (κ3) is 3.49. The number of aromatic nitrogens is 2. The lowest BCUT2D eigenvalue weighted by atomic mass is 10.1. The quantitative estimate of drug-likeness (QED) is 0.707. The van der Waals surface area contributed by atoms with Crippen molar-refractivity contribution in [1.82, 2.24) is 10.2 Å². The molecule has 2 rings (SSSR count). The highest BCUT2D eigenvalue weighted by Gasteiger charge is 2.07. The Balaban J connectivity index is 0.000000659. The summed E-state index contributed by atoms with van der Waals surface area (Å²) in [4.78, 5) is 0. The normalized spacial score (nSPS) is 8.50. The molecule has 1 aromatic heterocycles. The van der Waals surface area contributed by atoms with Crippen molar-refractivity contribution in [2.24, 2.45) is 0 Å². The van der Waals surface area contributed by atoms with Gasteiger partial charge in [-0.2, -0.15) is 10.4 Å². The van der Waals surface area contributed by atoms with Crippen molar-refractivity contribution in [3.63, 3.8) is 0 Å². The first-order valence-corrected chi connectivity index (χ1v) is 6.04. The Morgan fingerprint density at radius 2 is 1.78 bits per heavy atom. The summed E-state index contributed by atoms with van der Waals surface area (Å²) in [7, 11) is 0. The van der Waals surface area contributed by atoms with Gasteiger partial charge in [-0.3, -0.25) is 0 Å². The van der Waals surface area contributed by atoms with Gasteiger partial charge in [0.1, 0.15) is 17.4 Å². The summed E-state index contributed by atoms with van der Waals surface area (Å²) in [6.07, 6.45) is 1.54. The monoisotopic (exact) mass is 247 g/mol. The van der Waals surface area contributed by atoms with Crippen LogP contribution in [0.25, 0.3) is 10.9 Å². The van der Waals surface area contributed by atoms with Crippen LogP contribution >= 0.6 is 0 Å². The van der Waals surface area contributed by atoms with Gasteiger partial charge in [0, 0.05) is 5.39 Å². The Labute approximate surface area is 107 Å². The van der Waals surface area contributed by atoms with E-state index in [4.69, 9.17) is 5.26 Å². The zero-order valence-electron chi connectivity index (χ0n) is 11.5. The van der Waals surface area contributed by atoms with Gasteiger partial charge in [-0.25, -0.2) is 4.39 Å². The minimum Gasteiger partial charge on any atom is -0.207 e. The number of benzene rings is 1. The molecule has 0 spiro atoms. The second kappa shape index (κ2) is 8.13. The molecule has 0 aliphatic rings. The Hall–Kier alpha value is -2.02. The van der Waals surface area contributed by atoms with Crippen molar-refractivity contribution >= 4 is 10.9 Å². The van der Waals surface area contributed by atoms with Crippen molar-refractivity contribution in [2.75, 3.05) is 0 Å². The lowest BCUT2D eigenvalue weighted by Gasteiger charge is -2.01. The van der Waals surface area contributed by atoms with E-state index in [-0.39, 0.29) is 5.56 Å². The van der Waals surface area contributed by atoms with E-state index in [1.54, 1.807) is 13.1 Å². The average molecular weight is 247 g/mol. The Morgan fingerprint density at radius 1 is 1.17 bits per heavy atom. The van der Waals surface area contributed by atoms with Gasteiger partial charge in [-0.05, 0) is 24.6 Å². The number of nitriles is 1. The van der Waals surface area contributed by atoms with Crippen LogP contribution in [0, 0.1) is 24.1 Å². The van der Waals surface area contributed by atoms with Gasteiger partial charge in [0.05, 0.1) is 11.8 Å². The van der Waals surface area contributed by atoms with Gasteiger partial charge >= 0.3 is 0 Å². The predicted molar refractivity (Wildman–Crippen MR) is 71.6 cm³/mol. The fraction of sp³-hybridized carbons (Fsp3) is 0.357. The molecule has 0 bridgehead atoms. The van der Waals surface area contributed by atoms with Crippen molar-refractivity contribution in [3.8, 4) is 6.07 Å². The van der Waals surface area contributed by atoms with Crippen molar-refractivity contribution in [1.29, 1.82) is 5.26 Å². The van der Waals surface area contributed by atoms with Gasteiger partial charge in [0.15, 0.2) is 0 Å². The molecule has 1 aromatic carbocycles. The lowest BCUT2D eigenvalue weighted by molar-refractivity contribution is 0.629. The number of hydrogen-bond acceptors (Lipinski definition) is 3. The Bertz CT molecular complexity index is 544. The van der Waals surface area contributed by atoms with E-state index in [2.05, 4.69) is 10.2 Å². The maximum Gasteiger partial charge on any atom is 0.125 e. The topological polar surface area (TPSA) is 49.6 Å². The zero-order valence-corrected chi connectivity index (χ0v) is 11.5. The molecule has 0 saturated heterocycles. The molecule has 0 aliphatic carbocycles. The van der Waals surface area contributed by atoms with Crippen LogP contribution < -0.4 is 0 Å². The molecule has 96 valence electrons. The summed E-state index contributed by atoms with van der Waals surface area (Å²) in [5.74, 6) is -0.426. The third-order valence-corrected chi connectivity index (χ3v) is 2.03. The first-order valence-electron chi connectivity index (χ1n) is 6.04. The Kier molecular flexibility index (Phi) is 7.22. The van der Waals surface area contributed by atoms with Crippen LogP contribution in [0.2, 0.25) is 0 Å². The third-order valence-electron chi connectivity index (χ3n) is 2.03. The van der Waals surface area contributed by atoms with E-state index in [0.717, 1.165) is 11.6 Å². The second-order valence-electron chi connectivity index (χ2n) is 2.99. The first-order chi connectivity index (χ1) is 8.72. The standard InChI is InChI=1S/C10H6FN3.2C2H6/c1-6-5-13-14-10-7(4-12)2-8(11)3-9(6)10;2*1-2/h2-3,5H,1H3;2*1-2H3. The van der Waals surface area contributed by atoms with Crippen LogP contribution in [-0.2, 0) is 0 Å². The summed E-state index contributed by atoms with van der Waals surface area (Å²) < 4.78 is 13.1. The van der Waals surface area contributed by atoms with Gasteiger partial charge < -0.3 is 0 Å². The van der Waals surface area contributed by atoms with Crippen molar-refractivity contribution in [3.05, 3.63) is 35.3 Å². The molecule has 4 heteroatoms. The minimum atomic E-state index is -0.426. The van der Waals surface area contributed by atoms with Crippen LogP contribution in [0.5, 0.6) is 0 Å². The zero-order chi connectivity index (χ0) is 14.1. The molecule has 1 heterocycles. The molecule has 0 saturated carbocycles. The summed E-state index contributed by atoms with van der Waals surface area (Å²) in [5, 5.41) is 16.9. The van der Waals surface area contributed by atoms with Gasteiger partial charge in [-0.15, -0.1) is 5.10 Å².